The molecule has 0 spiro atoms. The first kappa shape index (κ1) is 16.9. The van der Waals surface area contributed by atoms with Crippen molar-refractivity contribution in [3.63, 3.8) is 0 Å². The van der Waals surface area contributed by atoms with Crippen LogP contribution in [0.2, 0.25) is 0 Å². The number of hydrazine groups is 1. The predicted octanol–water partition coefficient (Wildman–Crippen LogP) is 2.42. The molecule has 122 valence electrons. The number of thiazole rings is 1. The lowest BCUT2D eigenvalue weighted by Crippen LogP contribution is -2.49. The quantitative estimate of drug-likeness (QED) is 0.794. The largest absolute Gasteiger partial charge is 0.350 e. The molecular weight excluding hydrogens is 314 g/mol. The second-order valence-corrected chi connectivity index (χ2v) is 5.67. The van der Waals surface area contributed by atoms with Crippen LogP contribution in [0.15, 0.2) is 35.7 Å². The third-order valence-corrected chi connectivity index (χ3v) is 3.80. The SMILES string of the molecule is CCN(Cc1ccccc1)N(C(N)=O)c1csc(NC(C)=O)n1. The van der Waals surface area contributed by atoms with E-state index in [0.717, 1.165) is 5.56 Å². The van der Waals surface area contributed by atoms with Crippen LogP contribution in [0.25, 0.3) is 0 Å². The minimum absolute atomic E-state index is 0.215. The average molecular weight is 333 g/mol. The number of hydrogen-bond acceptors (Lipinski definition) is 5. The second kappa shape index (κ2) is 7.70. The van der Waals surface area contributed by atoms with Crippen molar-refractivity contribution in [1.82, 2.24) is 9.99 Å². The topological polar surface area (TPSA) is 91.6 Å². The zero-order valence-electron chi connectivity index (χ0n) is 13.0. The van der Waals surface area contributed by atoms with Gasteiger partial charge in [-0.2, -0.15) is 0 Å². The number of anilines is 2. The van der Waals surface area contributed by atoms with Crippen LogP contribution in [0.5, 0.6) is 0 Å². The maximum absolute atomic E-state index is 11.9. The Morgan fingerprint density at radius 3 is 2.57 bits per heavy atom. The molecule has 0 saturated heterocycles. The fourth-order valence-corrected chi connectivity index (χ4v) is 2.80. The number of rotatable bonds is 6. The van der Waals surface area contributed by atoms with Gasteiger partial charge in [0.1, 0.15) is 0 Å². The summed E-state index contributed by atoms with van der Waals surface area (Å²) in [5.74, 6) is 0.178. The average Bonchev–Trinajstić information content (AvgIpc) is 2.94. The molecule has 0 aliphatic rings. The van der Waals surface area contributed by atoms with Gasteiger partial charge in [0.25, 0.3) is 0 Å². The van der Waals surface area contributed by atoms with E-state index < -0.39 is 6.03 Å². The van der Waals surface area contributed by atoms with Crippen molar-refractivity contribution in [3.8, 4) is 0 Å². The Morgan fingerprint density at radius 1 is 1.30 bits per heavy atom. The third kappa shape index (κ3) is 4.51. The summed E-state index contributed by atoms with van der Waals surface area (Å²) in [6.45, 7) is 4.43. The summed E-state index contributed by atoms with van der Waals surface area (Å²) in [5.41, 5.74) is 6.59. The first-order valence-electron chi connectivity index (χ1n) is 7.12. The van der Waals surface area contributed by atoms with Crippen molar-refractivity contribution in [2.75, 3.05) is 16.9 Å². The zero-order chi connectivity index (χ0) is 16.8. The fourth-order valence-electron chi connectivity index (χ4n) is 2.09. The monoisotopic (exact) mass is 333 g/mol. The number of aromatic nitrogens is 1. The molecule has 1 heterocycles. The summed E-state index contributed by atoms with van der Waals surface area (Å²) < 4.78 is 0. The van der Waals surface area contributed by atoms with Gasteiger partial charge in [0, 0.05) is 25.4 Å². The standard InChI is InChI=1S/C15H19N5O2S/c1-3-19(9-12-7-5-4-6-8-12)20(14(16)22)13-10-23-15(18-13)17-11(2)21/h4-8,10H,3,9H2,1-2H3,(H2,16,22)(H,17,18,21). The van der Waals surface area contributed by atoms with Gasteiger partial charge in [-0.3, -0.25) is 4.79 Å². The molecule has 0 atom stereocenters. The molecule has 0 aliphatic carbocycles. The van der Waals surface area contributed by atoms with Crippen molar-refractivity contribution in [2.45, 2.75) is 20.4 Å². The van der Waals surface area contributed by atoms with Crippen molar-refractivity contribution in [2.24, 2.45) is 5.73 Å². The molecular formula is C15H19N5O2S. The molecule has 0 radical (unpaired) electrons. The maximum Gasteiger partial charge on any atom is 0.335 e. The number of carbonyl (C=O) groups is 2. The van der Waals surface area contributed by atoms with Crippen LogP contribution < -0.4 is 16.1 Å². The Balaban J connectivity index is 2.23. The highest BCUT2D eigenvalue weighted by atomic mass is 32.1. The Hall–Kier alpha value is -2.45. The molecule has 1 aromatic carbocycles. The molecule has 0 bridgehead atoms. The van der Waals surface area contributed by atoms with Crippen molar-refractivity contribution >= 4 is 34.2 Å². The number of benzene rings is 1. The second-order valence-electron chi connectivity index (χ2n) is 4.81. The Bertz CT molecular complexity index is 674. The molecule has 3 amide bonds. The summed E-state index contributed by atoms with van der Waals surface area (Å²) in [6.07, 6.45) is 0. The van der Waals surface area contributed by atoms with Gasteiger partial charge < -0.3 is 11.1 Å². The molecule has 3 N–H and O–H groups in total. The van der Waals surface area contributed by atoms with E-state index in [1.165, 1.54) is 23.3 Å². The molecule has 1 aromatic heterocycles. The summed E-state index contributed by atoms with van der Waals surface area (Å²) in [6, 6.07) is 9.15. The van der Waals surface area contributed by atoms with E-state index in [-0.39, 0.29) is 5.91 Å². The lowest BCUT2D eigenvalue weighted by molar-refractivity contribution is -0.114. The van der Waals surface area contributed by atoms with E-state index in [9.17, 15) is 9.59 Å². The molecule has 23 heavy (non-hydrogen) atoms. The Labute approximate surface area is 138 Å². The summed E-state index contributed by atoms with van der Waals surface area (Å²) in [7, 11) is 0. The Kier molecular flexibility index (Phi) is 5.67. The Morgan fingerprint density at radius 2 is 2.00 bits per heavy atom. The van der Waals surface area contributed by atoms with E-state index in [4.69, 9.17) is 5.73 Å². The normalized spacial score (nSPS) is 10.6. The van der Waals surface area contributed by atoms with E-state index in [1.54, 1.807) is 10.4 Å². The minimum atomic E-state index is -0.623. The number of amides is 3. The number of carbonyl (C=O) groups excluding carboxylic acids is 2. The van der Waals surface area contributed by atoms with Gasteiger partial charge in [0.05, 0.1) is 0 Å². The van der Waals surface area contributed by atoms with Gasteiger partial charge in [0.15, 0.2) is 10.9 Å². The predicted molar refractivity (Wildman–Crippen MR) is 91.0 cm³/mol. The molecule has 0 aliphatic heterocycles. The van der Waals surface area contributed by atoms with Crippen LogP contribution in [0.3, 0.4) is 0 Å². The maximum atomic E-state index is 11.9. The smallest absolute Gasteiger partial charge is 0.335 e. The number of hydrogen-bond donors (Lipinski definition) is 2. The molecule has 7 nitrogen and oxygen atoms in total. The summed E-state index contributed by atoms with van der Waals surface area (Å²) in [5, 5.41) is 7.83. The van der Waals surface area contributed by atoms with E-state index in [2.05, 4.69) is 10.3 Å². The molecule has 2 aromatic rings. The highest BCUT2D eigenvalue weighted by molar-refractivity contribution is 7.14. The van der Waals surface area contributed by atoms with Crippen LogP contribution in [0.4, 0.5) is 15.7 Å². The third-order valence-electron chi connectivity index (χ3n) is 3.06. The molecule has 0 fully saturated rings. The molecule has 8 heteroatoms. The van der Waals surface area contributed by atoms with Crippen molar-refractivity contribution < 1.29 is 9.59 Å². The van der Waals surface area contributed by atoms with Crippen molar-refractivity contribution in [3.05, 3.63) is 41.3 Å². The van der Waals surface area contributed by atoms with E-state index >= 15 is 0 Å². The van der Waals surface area contributed by atoms with Crippen LogP contribution in [0, 0.1) is 0 Å². The minimum Gasteiger partial charge on any atom is -0.350 e. The van der Waals surface area contributed by atoms with Gasteiger partial charge >= 0.3 is 6.03 Å². The fraction of sp³-hybridized carbons (Fsp3) is 0.267. The van der Waals surface area contributed by atoms with Gasteiger partial charge in [-0.15, -0.1) is 11.3 Å². The van der Waals surface area contributed by atoms with Crippen LogP contribution in [-0.4, -0.2) is 28.5 Å². The van der Waals surface area contributed by atoms with Crippen LogP contribution >= 0.6 is 11.3 Å². The van der Waals surface area contributed by atoms with Crippen LogP contribution in [0.1, 0.15) is 19.4 Å². The number of nitrogens with two attached hydrogens (primary N) is 1. The first-order chi connectivity index (χ1) is 11.0. The molecule has 0 saturated carbocycles. The van der Waals surface area contributed by atoms with E-state index in [0.29, 0.717) is 24.0 Å². The van der Waals surface area contributed by atoms with Gasteiger partial charge in [-0.05, 0) is 5.56 Å². The highest BCUT2D eigenvalue weighted by Gasteiger charge is 2.23. The highest BCUT2D eigenvalue weighted by Crippen LogP contribution is 2.24. The van der Waals surface area contributed by atoms with Crippen molar-refractivity contribution in [1.29, 1.82) is 0 Å². The summed E-state index contributed by atoms with van der Waals surface area (Å²) >= 11 is 1.24. The molecule has 2 rings (SSSR count). The lowest BCUT2D eigenvalue weighted by atomic mass is 10.2. The number of nitrogens with zero attached hydrogens (tertiary/aromatic N) is 3. The number of nitrogens with one attached hydrogen (secondary N) is 1. The lowest BCUT2D eigenvalue weighted by Gasteiger charge is -2.31. The van der Waals surface area contributed by atoms with Gasteiger partial charge in [0.2, 0.25) is 5.91 Å². The van der Waals surface area contributed by atoms with Gasteiger partial charge in [-0.1, -0.05) is 37.3 Å². The number of primary amides is 1. The molecule has 0 unspecified atom stereocenters. The number of urea groups is 1. The van der Waals surface area contributed by atoms with E-state index in [1.807, 2.05) is 37.3 Å². The summed E-state index contributed by atoms with van der Waals surface area (Å²) in [4.78, 5) is 27.3. The first-order valence-corrected chi connectivity index (χ1v) is 8.00. The van der Waals surface area contributed by atoms with Gasteiger partial charge in [-0.25, -0.2) is 19.8 Å². The zero-order valence-corrected chi connectivity index (χ0v) is 13.8. The van der Waals surface area contributed by atoms with Crippen LogP contribution in [-0.2, 0) is 11.3 Å².